The largest absolute Gasteiger partial charge is 0.493 e. The summed E-state index contributed by atoms with van der Waals surface area (Å²) in [6.07, 6.45) is 0.412. The molecule has 9 atom stereocenters. The molecule has 2 unspecified atom stereocenters. The number of aromatic amines is 1. The zero-order chi connectivity index (χ0) is 92.0. The summed E-state index contributed by atoms with van der Waals surface area (Å²) in [5.41, 5.74) is 13.4. The molecule has 676 valence electrons. The van der Waals surface area contributed by atoms with Gasteiger partial charge in [-0.1, -0.05) is 51.0 Å². The molecule has 9 amide bonds. The smallest absolute Gasteiger partial charge is 0.411 e. The van der Waals surface area contributed by atoms with Gasteiger partial charge in [-0.3, -0.25) is 78.2 Å². The highest BCUT2D eigenvalue weighted by atomic mass is 33.1. The molecule has 48 heteroatoms. The molecule has 3 aromatic carbocycles. The van der Waals surface area contributed by atoms with Crippen LogP contribution in [0.25, 0.3) is 11.2 Å². The number of nitrogens with zero attached hydrogens (tertiary/aromatic N) is 7. The van der Waals surface area contributed by atoms with Gasteiger partial charge in [-0.15, -0.1) is 0 Å². The van der Waals surface area contributed by atoms with E-state index in [4.69, 9.17) is 45.4 Å². The van der Waals surface area contributed by atoms with Gasteiger partial charge in [0.2, 0.25) is 35.5 Å². The van der Waals surface area contributed by atoms with Crippen LogP contribution in [0.5, 0.6) is 23.0 Å². The fourth-order valence-corrected chi connectivity index (χ4v) is 15.1. The maximum Gasteiger partial charge on any atom is 0.411 e. The molecule has 2 fully saturated rings. The van der Waals surface area contributed by atoms with Gasteiger partial charge < -0.3 is 118 Å². The number of aliphatic carboxylic acids is 5. The van der Waals surface area contributed by atoms with E-state index in [1.165, 1.54) is 75.0 Å². The Morgan fingerprint density at radius 3 is 1.91 bits per heavy atom. The highest BCUT2D eigenvalue weighted by Crippen LogP contribution is 2.40. The molecule has 0 spiro atoms. The van der Waals surface area contributed by atoms with Gasteiger partial charge in [0.05, 0.1) is 106 Å². The number of fused-ring (bicyclic) bond motifs is 3. The van der Waals surface area contributed by atoms with Crippen LogP contribution in [0.1, 0.15) is 121 Å². The first kappa shape index (κ1) is 97.1. The summed E-state index contributed by atoms with van der Waals surface area (Å²) in [7, 11) is 6.00. The molecule has 3 aliphatic rings. The number of anilines is 3. The number of oxime groups is 1. The number of nitrogen functional groups attached to an aromatic ring is 1. The van der Waals surface area contributed by atoms with Crippen molar-refractivity contribution in [2.45, 2.75) is 144 Å². The van der Waals surface area contributed by atoms with Crippen molar-refractivity contribution < 1.29 is 121 Å². The van der Waals surface area contributed by atoms with Crippen LogP contribution in [0.15, 0.2) is 94.0 Å². The summed E-state index contributed by atoms with van der Waals surface area (Å²) in [4.78, 5) is 225. The number of ether oxygens (including phenoxy) is 5. The van der Waals surface area contributed by atoms with Crippen LogP contribution >= 0.6 is 21.6 Å². The number of aromatic nitrogens is 4. The number of H-pyrrole nitrogens is 1. The Kier molecular flexibility index (Phi) is 36.0. The number of hydrogen-bond acceptors (Lipinski definition) is 31. The summed E-state index contributed by atoms with van der Waals surface area (Å²) < 4.78 is 29.1. The minimum absolute atomic E-state index is 0.0241. The zero-order valence-electron chi connectivity index (χ0n) is 68.5. The van der Waals surface area contributed by atoms with Crippen LogP contribution in [-0.4, -0.2) is 277 Å². The molecule has 5 aromatic rings. The van der Waals surface area contributed by atoms with E-state index in [0.717, 1.165) is 27.2 Å². The van der Waals surface area contributed by atoms with Crippen LogP contribution in [0.3, 0.4) is 0 Å². The predicted octanol–water partition coefficient (Wildman–Crippen LogP) is 1.62. The van der Waals surface area contributed by atoms with Crippen molar-refractivity contribution in [3.63, 3.8) is 0 Å². The maximum absolute atomic E-state index is 14.5. The molecule has 46 nitrogen and oxygen atoms in total. The Labute approximate surface area is 725 Å². The lowest BCUT2D eigenvalue weighted by atomic mass is 10.1. The number of nitrogens with two attached hydrogens (primary N) is 2. The first-order valence-electron chi connectivity index (χ1n) is 38.9. The fraction of sp³-hybridized carbons (Fsp3) is 0.423. The second kappa shape index (κ2) is 46.8. The van der Waals surface area contributed by atoms with Gasteiger partial charge in [0.1, 0.15) is 50.0 Å². The number of carbonyl (C=O) groups excluding carboxylic acids is 9. The van der Waals surface area contributed by atoms with Gasteiger partial charge in [-0.05, 0) is 94.7 Å². The quantitative estimate of drug-likeness (QED) is 0.00657. The number of likely N-dealkylation sites (tertiary alicyclic amines) is 1. The monoisotopic (exact) mass is 1790 g/mol. The Balaban J connectivity index is 0.839. The highest BCUT2D eigenvalue weighted by molar-refractivity contribution is 8.77. The minimum Gasteiger partial charge on any atom is -0.493 e. The van der Waals surface area contributed by atoms with Gasteiger partial charge in [-0.2, -0.15) is 4.98 Å². The zero-order valence-corrected chi connectivity index (χ0v) is 70.1. The summed E-state index contributed by atoms with van der Waals surface area (Å²) in [5, 5.41) is 81.5. The number of methoxy groups -OCH3 is 2. The van der Waals surface area contributed by atoms with Crippen molar-refractivity contribution in [2.75, 3.05) is 82.9 Å². The second-order valence-electron chi connectivity index (χ2n) is 28.7. The molecule has 8 rings (SSSR count). The maximum atomic E-state index is 14.5. The second-order valence-corrected chi connectivity index (χ2v) is 31.5. The van der Waals surface area contributed by atoms with Crippen LogP contribution in [0.2, 0.25) is 0 Å². The SMILES string of the molecule is C=C1CC(/C=N/OC)N(C(=O)c2cc(OC)c(OCCCCCOc3cc4c(cc3OC)C(=O)N3CC(=C)C[C@H]3C=N4)cc2NC(=O)OCC(C)SSC[C@@H](NC(=O)[C@H](CC(=O)O)NC(=O)[C@H](CC(=O)O)NC(=O)[C@H](CCCNC(=N)N)NC(=O)[C@H](CC(=O)O)NC(=O)CC[C@H](NC(=O)c2ccc(NCc3cnc4nc(N)[nH]c(=O)c4n3)cc2)C(=O)O)C(=O)O)C1. The van der Waals surface area contributed by atoms with Crippen molar-refractivity contribution in [1.82, 2.24) is 67.0 Å². The topological polar surface area (TPSA) is 682 Å². The molecular formula is C78H96N20O26S2. The Morgan fingerprint density at radius 1 is 0.706 bits per heavy atom. The molecular weight excluding hydrogens is 1700 g/mol. The van der Waals surface area contributed by atoms with Gasteiger partial charge in [0, 0.05) is 66.7 Å². The number of hydrogen-bond donors (Lipinski definition) is 18. The molecule has 20 N–H and O–H groups in total. The first-order chi connectivity index (χ1) is 60.0. The molecule has 2 aromatic heterocycles. The number of rotatable bonds is 49. The Bertz CT molecular complexity index is 5080. The standard InChI is InChI=1S/C78H96N20O26S2/c1-38-21-44-32-84-50-25-58(56(119-4)23-46(50)72(112)97(44)34-38)122-19-8-7-9-20-123-59-26-51(47(24-57(59)120-5)73(113)98-35-39(2)22-45(98)33-86-121-6)94-78(118)124-36-40(3)126-125-37-55(75(116)117)93-70(110)54(29-63(104)105)92-69(109)53(28-62(102)103)91-67(107)48(11-10-18-82-76(79)80)89-68(108)52(27-61(100)101)88-60(99)17-16-49(74(114)115)90-66(106)41-12-14-42(15-13-41)83-30-43-31-85-65-64(87-43)71(111)96-77(81)95-65/h12-15,23-26,31-33,40,44-45,48-49,52-55,83H,1-2,7-11,16-22,27-30,34-37H2,3-6H3,(H,88,99)(H,89,108)(H,90,106)(H,91,107)(H,92,109)(H,93,110)(H,94,118)(H,100,101)(H,102,103)(H,104,105)(H,114,115)(H,116,117)(H4,79,80,82)(H3,81,85,95,96,111)/b86-33+/t40?,44-,45?,48-,49-,52-,53-,54-,55+/m0/s1. The van der Waals surface area contributed by atoms with Crippen molar-refractivity contribution >= 4 is 157 Å². The Morgan fingerprint density at radius 2 is 1.30 bits per heavy atom. The molecule has 0 radical (unpaired) electrons. The first-order valence-corrected chi connectivity index (χ1v) is 41.2. The number of guanidine groups is 1. The average Bonchev–Trinajstić information content (AvgIpc) is 1.63. The third kappa shape index (κ3) is 28.9. The average molecular weight is 1790 g/mol. The minimum atomic E-state index is -2.22. The normalized spacial score (nSPS) is 15.5. The van der Waals surface area contributed by atoms with Gasteiger partial charge in [0.25, 0.3) is 23.3 Å². The van der Waals surface area contributed by atoms with E-state index >= 15 is 0 Å². The highest BCUT2D eigenvalue weighted by Gasteiger charge is 2.39. The predicted molar refractivity (Wildman–Crippen MR) is 454 cm³/mol. The third-order valence-corrected chi connectivity index (χ3v) is 21.9. The van der Waals surface area contributed by atoms with E-state index in [-0.39, 0.29) is 103 Å². The molecule has 5 heterocycles. The Hall–Kier alpha value is -14.4. The lowest BCUT2D eigenvalue weighted by molar-refractivity contribution is -0.144. The summed E-state index contributed by atoms with van der Waals surface area (Å²) in [6, 6.07) is -0.975. The molecule has 126 heavy (non-hydrogen) atoms. The number of aliphatic imine (C=N–C) groups is 1. The molecule has 0 bridgehead atoms. The number of benzene rings is 3. The van der Waals surface area contributed by atoms with Crippen LogP contribution in [0.4, 0.5) is 27.8 Å². The van der Waals surface area contributed by atoms with Crippen molar-refractivity contribution in [2.24, 2.45) is 15.9 Å². The molecule has 2 saturated heterocycles. The van der Waals surface area contributed by atoms with E-state index in [2.05, 4.69) is 85.8 Å². The van der Waals surface area contributed by atoms with E-state index in [1.54, 1.807) is 30.2 Å². The number of nitrogens with one attached hydrogen (secondary N) is 11. The van der Waals surface area contributed by atoms with E-state index in [1.807, 2.05) is 5.32 Å². The van der Waals surface area contributed by atoms with Crippen molar-refractivity contribution in [1.29, 1.82) is 5.41 Å². The van der Waals surface area contributed by atoms with Gasteiger partial charge >= 0.3 is 35.9 Å². The number of carboxylic acid groups (broad SMARTS) is 5. The summed E-state index contributed by atoms with van der Waals surface area (Å²) in [6.45, 7) is 10.2. The van der Waals surface area contributed by atoms with E-state index < -0.39 is 181 Å². The number of carboxylic acids is 5. The summed E-state index contributed by atoms with van der Waals surface area (Å²) in [5.74, 6) is -17.0. The van der Waals surface area contributed by atoms with Gasteiger partial charge in [0.15, 0.2) is 40.1 Å². The van der Waals surface area contributed by atoms with Crippen LogP contribution < -0.4 is 83.8 Å². The third-order valence-electron chi connectivity index (χ3n) is 19.0. The number of unbranched alkanes of at least 4 members (excludes halogenated alkanes) is 2. The van der Waals surface area contributed by atoms with Gasteiger partial charge in [-0.25, -0.2) is 24.4 Å². The van der Waals surface area contributed by atoms with E-state index in [0.29, 0.717) is 78.4 Å². The van der Waals surface area contributed by atoms with Crippen LogP contribution in [-0.2, 0) is 64.1 Å². The van der Waals surface area contributed by atoms with Crippen molar-refractivity contribution in [3.8, 4) is 23.0 Å². The fourth-order valence-electron chi connectivity index (χ4n) is 12.8. The van der Waals surface area contributed by atoms with Crippen LogP contribution in [0, 0.1) is 5.41 Å². The lowest BCUT2D eigenvalue weighted by Gasteiger charge is -2.26. The number of carbonyl (C=O) groups is 14. The summed E-state index contributed by atoms with van der Waals surface area (Å²) >= 11 is 0. The molecule has 3 aliphatic heterocycles. The molecule has 0 aliphatic carbocycles. The van der Waals surface area contributed by atoms with E-state index in [9.17, 15) is 97.5 Å². The lowest BCUT2D eigenvalue weighted by Crippen LogP contribution is -2.59. The molecule has 0 saturated carbocycles. The number of amides is 9. The van der Waals surface area contributed by atoms with Crippen molar-refractivity contribution in [3.05, 3.63) is 112 Å².